The maximum Gasteiger partial charge on any atom is 0.255 e. The number of rotatable bonds is 9. The molecule has 0 aliphatic carbocycles. The summed E-state index contributed by atoms with van der Waals surface area (Å²) in [6.45, 7) is 4.33. The molecular weight excluding hydrogens is 396 g/mol. The smallest absolute Gasteiger partial charge is 0.255 e. The van der Waals surface area contributed by atoms with Gasteiger partial charge in [-0.3, -0.25) is 4.79 Å². The number of amides is 1. The van der Waals surface area contributed by atoms with Gasteiger partial charge in [-0.2, -0.15) is 0 Å². The molecule has 0 saturated carbocycles. The minimum absolute atomic E-state index is 0.0214. The SMILES string of the molecule is CCOc1cc(C(=O)Nc2ccc(OCC)c(S(=O)(=O)N(C)C)c2)ccc1OC. The lowest BCUT2D eigenvalue weighted by Gasteiger charge is -2.17. The summed E-state index contributed by atoms with van der Waals surface area (Å²) in [6, 6.07) is 9.30. The molecule has 0 aliphatic rings. The van der Waals surface area contributed by atoms with Gasteiger partial charge in [0.1, 0.15) is 10.6 Å². The Kier molecular flexibility index (Phi) is 7.46. The number of carbonyl (C=O) groups is 1. The Balaban J connectivity index is 2.37. The molecule has 1 N–H and O–H groups in total. The number of nitrogens with zero attached hydrogens (tertiary/aromatic N) is 1. The molecule has 1 amide bonds. The third-order valence-electron chi connectivity index (χ3n) is 3.99. The second-order valence-corrected chi connectivity index (χ2v) is 8.25. The molecule has 0 aromatic heterocycles. The van der Waals surface area contributed by atoms with Crippen LogP contribution >= 0.6 is 0 Å². The lowest BCUT2D eigenvalue weighted by molar-refractivity contribution is 0.102. The molecule has 2 rings (SSSR count). The van der Waals surface area contributed by atoms with Gasteiger partial charge in [-0.05, 0) is 50.2 Å². The van der Waals surface area contributed by atoms with Crippen LogP contribution in [0.25, 0.3) is 0 Å². The van der Waals surface area contributed by atoms with Gasteiger partial charge in [0.2, 0.25) is 10.0 Å². The Labute approximate surface area is 171 Å². The zero-order valence-corrected chi connectivity index (χ0v) is 18.0. The van der Waals surface area contributed by atoms with E-state index in [1.165, 1.54) is 33.3 Å². The van der Waals surface area contributed by atoms with Crippen molar-refractivity contribution in [2.24, 2.45) is 0 Å². The van der Waals surface area contributed by atoms with Crippen molar-refractivity contribution in [3.63, 3.8) is 0 Å². The van der Waals surface area contributed by atoms with Gasteiger partial charge < -0.3 is 19.5 Å². The van der Waals surface area contributed by atoms with Crippen LogP contribution in [0.15, 0.2) is 41.3 Å². The van der Waals surface area contributed by atoms with E-state index in [1.807, 2.05) is 6.92 Å². The molecule has 0 spiro atoms. The van der Waals surface area contributed by atoms with Gasteiger partial charge in [0.15, 0.2) is 11.5 Å². The topological polar surface area (TPSA) is 94.2 Å². The second-order valence-electron chi connectivity index (χ2n) is 6.13. The first kappa shape index (κ1) is 22.5. The fourth-order valence-corrected chi connectivity index (χ4v) is 3.60. The molecule has 29 heavy (non-hydrogen) atoms. The third kappa shape index (κ3) is 5.18. The molecule has 0 atom stereocenters. The molecule has 9 heteroatoms. The predicted octanol–water partition coefficient (Wildman–Crippen LogP) is 3.00. The zero-order valence-electron chi connectivity index (χ0n) is 17.2. The van der Waals surface area contributed by atoms with Gasteiger partial charge in [-0.1, -0.05) is 0 Å². The van der Waals surface area contributed by atoms with Gasteiger partial charge in [0, 0.05) is 25.3 Å². The average Bonchev–Trinajstić information content (AvgIpc) is 2.69. The lowest BCUT2D eigenvalue weighted by Crippen LogP contribution is -2.23. The van der Waals surface area contributed by atoms with Crippen LogP contribution in [0.1, 0.15) is 24.2 Å². The van der Waals surface area contributed by atoms with E-state index in [2.05, 4.69) is 5.32 Å². The summed E-state index contributed by atoms with van der Waals surface area (Å²) in [5, 5.41) is 2.71. The molecule has 0 aliphatic heterocycles. The molecule has 0 saturated heterocycles. The molecule has 0 bridgehead atoms. The fraction of sp³-hybridized carbons (Fsp3) is 0.350. The average molecular weight is 423 g/mol. The normalized spacial score (nSPS) is 11.2. The summed E-state index contributed by atoms with van der Waals surface area (Å²) in [7, 11) is 0.630. The quantitative estimate of drug-likeness (QED) is 0.668. The van der Waals surface area contributed by atoms with Crippen LogP contribution in [0.2, 0.25) is 0 Å². The number of carbonyl (C=O) groups excluding carboxylic acids is 1. The van der Waals surface area contributed by atoms with Crippen LogP contribution in [0, 0.1) is 0 Å². The molecule has 2 aromatic rings. The van der Waals surface area contributed by atoms with E-state index in [9.17, 15) is 13.2 Å². The Hall–Kier alpha value is -2.78. The number of hydrogen-bond donors (Lipinski definition) is 1. The van der Waals surface area contributed by atoms with E-state index in [4.69, 9.17) is 14.2 Å². The van der Waals surface area contributed by atoms with Crippen molar-refractivity contribution in [1.82, 2.24) is 4.31 Å². The van der Waals surface area contributed by atoms with Gasteiger partial charge >= 0.3 is 0 Å². The third-order valence-corrected chi connectivity index (χ3v) is 5.82. The first-order valence-electron chi connectivity index (χ1n) is 9.06. The van der Waals surface area contributed by atoms with Crippen molar-refractivity contribution >= 4 is 21.6 Å². The lowest BCUT2D eigenvalue weighted by atomic mass is 10.1. The Morgan fingerprint density at radius 2 is 1.59 bits per heavy atom. The van der Waals surface area contributed by atoms with Crippen LogP contribution in [0.4, 0.5) is 5.69 Å². The number of anilines is 1. The monoisotopic (exact) mass is 422 g/mol. The highest BCUT2D eigenvalue weighted by atomic mass is 32.2. The van der Waals surface area contributed by atoms with E-state index in [0.29, 0.717) is 36.0 Å². The number of sulfonamides is 1. The van der Waals surface area contributed by atoms with E-state index >= 15 is 0 Å². The van der Waals surface area contributed by atoms with Crippen molar-refractivity contribution in [3.05, 3.63) is 42.0 Å². The van der Waals surface area contributed by atoms with Gasteiger partial charge in [-0.15, -0.1) is 0 Å². The summed E-state index contributed by atoms with van der Waals surface area (Å²) in [5.74, 6) is 0.780. The van der Waals surface area contributed by atoms with Crippen LogP contribution in [-0.4, -0.2) is 53.0 Å². The summed E-state index contributed by atoms with van der Waals surface area (Å²) in [6.07, 6.45) is 0. The maximum absolute atomic E-state index is 12.7. The van der Waals surface area contributed by atoms with Crippen molar-refractivity contribution in [1.29, 1.82) is 0 Å². The fourth-order valence-electron chi connectivity index (χ4n) is 2.55. The number of methoxy groups -OCH3 is 1. The number of nitrogens with one attached hydrogen (secondary N) is 1. The van der Waals surface area contributed by atoms with Crippen LogP contribution in [0.5, 0.6) is 17.2 Å². The van der Waals surface area contributed by atoms with Gasteiger partial charge in [0.25, 0.3) is 5.91 Å². The minimum atomic E-state index is -3.76. The van der Waals surface area contributed by atoms with Crippen molar-refractivity contribution in [2.75, 3.05) is 39.7 Å². The Morgan fingerprint density at radius 3 is 2.17 bits per heavy atom. The van der Waals surface area contributed by atoms with Crippen molar-refractivity contribution < 1.29 is 27.4 Å². The summed E-state index contributed by atoms with van der Waals surface area (Å²) >= 11 is 0. The van der Waals surface area contributed by atoms with Gasteiger partial charge in [0.05, 0.1) is 20.3 Å². The highest BCUT2D eigenvalue weighted by molar-refractivity contribution is 7.89. The van der Waals surface area contributed by atoms with Crippen molar-refractivity contribution in [3.8, 4) is 17.2 Å². The molecule has 0 fully saturated rings. The van der Waals surface area contributed by atoms with E-state index in [-0.39, 0.29) is 10.6 Å². The molecule has 2 aromatic carbocycles. The molecule has 0 heterocycles. The molecule has 158 valence electrons. The first-order chi connectivity index (χ1) is 13.7. The van der Waals surface area contributed by atoms with E-state index in [1.54, 1.807) is 31.2 Å². The summed E-state index contributed by atoms with van der Waals surface area (Å²) < 4.78 is 42.5. The zero-order chi connectivity index (χ0) is 21.6. The summed E-state index contributed by atoms with van der Waals surface area (Å²) in [4.78, 5) is 12.7. The maximum atomic E-state index is 12.7. The van der Waals surface area contributed by atoms with Gasteiger partial charge in [-0.25, -0.2) is 12.7 Å². The molecular formula is C20H26N2O6S. The standard InChI is InChI=1S/C20H26N2O6S/c1-6-27-17-11-9-15(13-19(17)29(24,25)22(3)4)21-20(23)14-8-10-16(26-5)18(12-14)28-7-2/h8-13H,6-7H2,1-5H3,(H,21,23). The predicted molar refractivity (Wildman–Crippen MR) is 111 cm³/mol. The molecule has 0 radical (unpaired) electrons. The second kappa shape index (κ2) is 9.62. The highest BCUT2D eigenvalue weighted by Gasteiger charge is 2.23. The number of hydrogen-bond acceptors (Lipinski definition) is 6. The number of ether oxygens (including phenoxy) is 3. The van der Waals surface area contributed by atoms with Crippen molar-refractivity contribution in [2.45, 2.75) is 18.7 Å². The Bertz CT molecular complexity index is 973. The first-order valence-corrected chi connectivity index (χ1v) is 10.5. The van der Waals surface area contributed by atoms with E-state index < -0.39 is 15.9 Å². The summed E-state index contributed by atoms with van der Waals surface area (Å²) in [5.41, 5.74) is 0.674. The van der Waals surface area contributed by atoms with Crippen LogP contribution in [-0.2, 0) is 10.0 Å². The molecule has 8 nitrogen and oxygen atoms in total. The van der Waals surface area contributed by atoms with Crippen LogP contribution < -0.4 is 19.5 Å². The minimum Gasteiger partial charge on any atom is -0.493 e. The largest absolute Gasteiger partial charge is 0.493 e. The van der Waals surface area contributed by atoms with E-state index in [0.717, 1.165) is 4.31 Å². The molecule has 0 unspecified atom stereocenters. The van der Waals surface area contributed by atoms with Crippen LogP contribution in [0.3, 0.4) is 0 Å². The Morgan fingerprint density at radius 1 is 0.966 bits per heavy atom. The highest BCUT2D eigenvalue weighted by Crippen LogP contribution is 2.31. The number of benzene rings is 2.